The zero-order valence-electron chi connectivity index (χ0n) is 10.3. The maximum atomic E-state index is 11.3. The first-order valence-electron chi connectivity index (χ1n) is 6.10. The number of alkyl halides is 2. The Balaban J connectivity index is 1.93. The molecule has 2 nitrogen and oxygen atoms in total. The molecule has 0 saturated heterocycles. The molecule has 0 N–H and O–H groups in total. The van der Waals surface area contributed by atoms with Crippen molar-refractivity contribution in [3.8, 4) is 0 Å². The first-order valence-corrected chi connectivity index (χ1v) is 7.93. The highest BCUT2D eigenvalue weighted by Gasteiger charge is 2.11. The van der Waals surface area contributed by atoms with Crippen LogP contribution in [0.2, 0.25) is 0 Å². The lowest BCUT2D eigenvalue weighted by Gasteiger charge is -2.07. The number of halogens is 2. The van der Waals surface area contributed by atoms with E-state index in [0.29, 0.717) is 6.61 Å². The summed E-state index contributed by atoms with van der Waals surface area (Å²) in [6.45, 7) is 0.440. The van der Waals surface area contributed by atoms with Crippen LogP contribution in [0.4, 0.5) is 0 Å². The summed E-state index contributed by atoms with van der Waals surface area (Å²) >= 11 is 6.22. The van der Waals surface area contributed by atoms with E-state index in [1.54, 1.807) is 0 Å². The first kappa shape index (κ1) is 14.5. The van der Waals surface area contributed by atoms with E-state index in [0.717, 1.165) is 12.8 Å². The van der Waals surface area contributed by atoms with Gasteiger partial charge in [0.05, 0.1) is 6.61 Å². The van der Waals surface area contributed by atoms with Crippen LogP contribution in [0.15, 0.2) is 42.5 Å². The Hall–Kier alpha value is -0.870. The largest absolute Gasteiger partial charge is 0.464 e. The van der Waals surface area contributed by atoms with Gasteiger partial charge in [-0.15, -0.1) is 0 Å². The van der Waals surface area contributed by atoms with Gasteiger partial charge in [-0.05, 0) is 29.2 Å². The molecule has 0 bridgehead atoms. The monoisotopic (exact) mass is 384 g/mol. The van der Waals surface area contributed by atoms with Crippen LogP contribution < -0.4 is 0 Å². The van der Waals surface area contributed by atoms with Crippen molar-refractivity contribution in [1.29, 1.82) is 0 Å². The Morgan fingerprint density at radius 1 is 1.11 bits per heavy atom. The molecule has 0 aromatic heterocycles. The molecule has 4 heteroatoms. The molecule has 0 aliphatic rings. The quantitative estimate of drug-likeness (QED) is 0.432. The summed E-state index contributed by atoms with van der Waals surface area (Å²) in [4.78, 5) is 11.3. The van der Waals surface area contributed by atoms with Gasteiger partial charge in [0.1, 0.15) is 0 Å². The van der Waals surface area contributed by atoms with Crippen molar-refractivity contribution in [2.75, 3.05) is 6.61 Å². The highest BCUT2D eigenvalue weighted by molar-refractivity contribution is 9.25. The van der Waals surface area contributed by atoms with E-state index in [1.807, 2.05) is 12.1 Å². The number of rotatable bonds is 5. The summed E-state index contributed by atoms with van der Waals surface area (Å²) in [5.74, 6) is -0.280. The minimum absolute atomic E-state index is 0.280. The fraction of sp³-hybridized carbons (Fsp3) is 0.267. The number of ether oxygens (including phenoxy) is 1. The van der Waals surface area contributed by atoms with Crippen molar-refractivity contribution in [2.45, 2.75) is 16.6 Å². The molecular weight excluding hydrogens is 372 g/mol. The minimum Gasteiger partial charge on any atom is -0.464 e. The average Bonchev–Trinajstić information content (AvgIpc) is 2.43. The van der Waals surface area contributed by atoms with Gasteiger partial charge in [-0.2, -0.15) is 0 Å². The number of hydrogen-bond acceptors (Lipinski definition) is 2. The molecular formula is C15H14Br2O2. The lowest BCUT2D eigenvalue weighted by Crippen LogP contribution is -2.12. The number of carbonyl (C=O) groups excluding carboxylic acids is 1. The van der Waals surface area contributed by atoms with Crippen LogP contribution >= 0.6 is 31.9 Å². The maximum Gasteiger partial charge on any atom is 0.330 e. The van der Waals surface area contributed by atoms with E-state index in [-0.39, 0.29) is 5.97 Å². The number of aryl methyl sites for hydroxylation is 1. The molecule has 2 aromatic rings. The third-order valence-electron chi connectivity index (χ3n) is 2.89. The molecule has 0 amide bonds. The van der Waals surface area contributed by atoms with E-state index in [1.165, 1.54) is 16.3 Å². The Morgan fingerprint density at radius 3 is 2.63 bits per heavy atom. The van der Waals surface area contributed by atoms with Crippen molar-refractivity contribution in [3.05, 3.63) is 48.0 Å². The number of esters is 1. The van der Waals surface area contributed by atoms with Gasteiger partial charge in [0, 0.05) is 0 Å². The fourth-order valence-electron chi connectivity index (χ4n) is 2.01. The highest BCUT2D eigenvalue weighted by Crippen LogP contribution is 2.19. The average molecular weight is 386 g/mol. The molecule has 0 saturated carbocycles. The summed E-state index contributed by atoms with van der Waals surface area (Å²) in [5, 5.41) is 2.52. The van der Waals surface area contributed by atoms with Crippen molar-refractivity contribution in [3.63, 3.8) is 0 Å². The Bertz CT molecular complexity index is 562. The van der Waals surface area contributed by atoms with Crippen LogP contribution in [0.3, 0.4) is 0 Å². The van der Waals surface area contributed by atoms with Crippen molar-refractivity contribution in [1.82, 2.24) is 0 Å². The second-order valence-electron chi connectivity index (χ2n) is 4.21. The van der Waals surface area contributed by atoms with Crippen LogP contribution in [0.1, 0.15) is 12.0 Å². The van der Waals surface area contributed by atoms with Crippen LogP contribution in [0, 0.1) is 0 Å². The molecule has 0 radical (unpaired) electrons. The Labute approximate surface area is 129 Å². The van der Waals surface area contributed by atoms with Gasteiger partial charge < -0.3 is 4.74 Å². The Kier molecular flexibility index (Phi) is 5.40. The van der Waals surface area contributed by atoms with Gasteiger partial charge in [-0.1, -0.05) is 74.3 Å². The van der Waals surface area contributed by atoms with E-state index < -0.39 is 3.74 Å². The van der Waals surface area contributed by atoms with Crippen molar-refractivity contribution < 1.29 is 9.53 Å². The third-order valence-corrected chi connectivity index (χ3v) is 3.64. The van der Waals surface area contributed by atoms with Gasteiger partial charge in [0.15, 0.2) is 3.74 Å². The molecule has 2 rings (SSSR count). The smallest absolute Gasteiger partial charge is 0.330 e. The second kappa shape index (κ2) is 7.06. The molecule has 0 aliphatic carbocycles. The van der Waals surface area contributed by atoms with Crippen LogP contribution in [-0.4, -0.2) is 16.3 Å². The van der Waals surface area contributed by atoms with E-state index in [2.05, 4.69) is 62.2 Å². The van der Waals surface area contributed by atoms with E-state index in [4.69, 9.17) is 4.74 Å². The standard InChI is InChI=1S/C15H14Br2O2/c16-14(17)15(18)19-10-4-8-12-7-3-6-11-5-1-2-9-13(11)12/h1-3,5-7,9,14H,4,8,10H2. The number of carbonyl (C=O) groups is 1. The van der Waals surface area contributed by atoms with Crippen molar-refractivity contribution in [2.24, 2.45) is 0 Å². The normalized spacial score (nSPS) is 10.9. The van der Waals surface area contributed by atoms with Gasteiger partial charge >= 0.3 is 5.97 Å². The molecule has 19 heavy (non-hydrogen) atoms. The molecule has 0 heterocycles. The predicted molar refractivity (Wildman–Crippen MR) is 84.9 cm³/mol. The zero-order chi connectivity index (χ0) is 13.7. The van der Waals surface area contributed by atoms with Gasteiger partial charge in [0.2, 0.25) is 0 Å². The maximum absolute atomic E-state index is 11.3. The summed E-state index contributed by atoms with van der Waals surface area (Å²) in [6, 6.07) is 14.6. The number of benzene rings is 2. The molecule has 0 fully saturated rings. The predicted octanol–water partition coefficient (Wildman–Crippen LogP) is 4.43. The summed E-state index contributed by atoms with van der Waals surface area (Å²) in [6.07, 6.45) is 1.73. The SMILES string of the molecule is O=C(OCCCc1cccc2ccccc12)C(Br)Br. The van der Waals surface area contributed by atoms with Crippen molar-refractivity contribution >= 4 is 48.6 Å². The van der Waals surface area contributed by atoms with E-state index in [9.17, 15) is 4.79 Å². The lowest BCUT2D eigenvalue weighted by molar-refractivity contribution is -0.141. The molecule has 0 unspecified atom stereocenters. The second-order valence-corrected chi connectivity index (χ2v) is 7.27. The molecule has 0 atom stereocenters. The number of hydrogen-bond donors (Lipinski definition) is 0. The van der Waals surface area contributed by atoms with Gasteiger partial charge in [-0.25, -0.2) is 4.79 Å². The minimum atomic E-state index is -0.419. The van der Waals surface area contributed by atoms with Crippen LogP contribution in [0.5, 0.6) is 0 Å². The topological polar surface area (TPSA) is 26.3 Å². The first-order chi connectivity index (χ1) is 9.18. The molecule has 0 spiro atoms. The summed E-state index contributed by atoms with van der Waals surface area (Å²) in [5.41, 5.74) is 1.29. The Morgan fingerprint density at radius 2 is 1.84 bits per heavy atom. The van der Waals surface area contributed by atoms with Crippen LogP contribution in [0.25, 0.3) is 10.8 Å². The molecule has 2 aromatic carbocycles. The lowest BCUT2D eigenvalue weighted by atomic mass is 10.0. The van der Waals surface area contributed by atoms with Crippen LogP contribution in [-0.2, 0) is 16.0 Å². The van der Waals surface area contributed by atoms with E-state index >= 15 is 0 Å². The van der Waals surface area contributed by atoms with Gasteiger partial charge in [0.25, 0.3) is 0 Å². The fourth-order valence-corrected chi connectivity index (χ4v) is 2.27. The number of fused-ring (bicyclic) bond motifs is 1. The molecule has 100 valence electrons. The molecule has 0 aliphatic heterocycles. The summed E-state index contributed by atoms with van der Waals surface area (Å²) in [7, 11) is 0. The highest BCUT2D eigenvalue weighted by atomic mass is 79.9. The summed E-state index contributed by atoms with van der Waals surface area (Å²) < 4.78 is 4.69. The third kappa shape index (κ3) is 4.05. The van der Waals surface area contributed by atoms with Gasteiger partial charge in [-0.3, -0.25) is 0 Å². The zero-order valence-corrected chi connectivity index (χ0v) is 13.5.